The fourth-order valence-electron chi connectivity index (χ4n) is 1.81. The molecule has 5 heteroatoms. The summed E-state index contributed by atoms with van der Waals surface area (Å²) >= 11 is 0. The molecule has 17 heavy (non-hydrogen) atoms. The van der Waals surface area contributed by atoms with Crippen molar-refractivity contribution in [2.45, 2.75) is 19.8 Å². The first-order valence-electron chi connectivity index (χ1n) is 5.93. The van der Waals surface area contributed by atoms with E-state index in [4.69, 9.17) is 10.9 Å². The third-order valence-electron chi connectivity index (χ3n) is 3.04. The molecule has 1 aliphatic rings. The zero-order valence-corrected chi connectivity index (χ0v) is 10.0. The first-order valence-corrected chi connectivity index (χ1v) is 5.93. The second-order valence-corrected chi connectivity index (χ2v) is 4.37. The fourth-order valence-corrected chi connectivity index (χ4v) is 1.81. The average Bonchev–Trinajstić information content (AvgIpc) is 3.19. The SMILES string of the molecule is CCN(CC1CC1)c1ccc(/C(N)=N/O)nc1. The molecule has 3 N–H and O–H groups in total. The lowest BCUT2D eigenvalue weighted by Crippen LogP contribution is -2.25. The molecule has 0 saturated heterocycles. The van der Waals surface area contributed by atoms with Gasteiger partial charge in [-0.25, -0.2) is 0 Å². The van der Waals surface area contributed by atoms with Gasteiger partial charge in [-0.1, -0.05) is 5.16 Å². The minimum Gasteiger partial charge on any atom is -0.409 e. The normalized spacial score (nSPS) is 15.9. The van der Waals surface area contributed by atoms with E-state index in [-0.39, 0.29) is 5.84 Å². The zero-order valence-electron chi connectivity index (χ0n) is 10.0. The van der Waals surface area contributed by atoms with Gasteiger partial charge in [0.25, 0.3) is 0 Å². The standard InChI is InChI=1S/C12H18N4O/c1-2-16(8-9-3-4-9)10-5-6-11(14-7-10)12(13)15-17/h5-7,9,17H,2-4,8H2,1H3,(H2,13,15). The predicted molar refractivity (Wildman–Crippen MR) is 67.4 cm³/mol. The molecule has 0 aliphatic heterocycles. The molecule has 0 unspecified atom stereocenters. The smallest absolute Gasteiger partial charge is 0.188 e. The second kappa shape index (κ2) is 5.03. The van der Waals surface area contributed by atoms with E-state index >= 15 is 0 Å². The molecule has 0 spiro atoms. The number of nitrogens with zero attached hydrogens (tertiary/aromatic N) is 3. The Labute approximate surface area is 101 Å². The Morgan fingerprint density at radius 1 is 1.59 bits per heavy atom. The molecule has 0 bridgehead atoms. The second-order valence-electron chi connectivity index (χ2n) is 4.37. The summed E-state index contributed by atoms with van der Waals surface area (Å²) < 4.78 is 0. The Morgan fingerprint density at radius 3 is 2.82 bits per heavy atom. The number of hydrogen-bond acceptors (Lipinski definition) is 4. The number of anilines is 1. The molecule has 0 amide bonds. The van der Waals surface area contributed by atoms with Crippen molar-refractivity contribution in [1.82, 2.24) is 4.98 Å². The summed E-state index contributed by atoms with van der Waals surface area (Å²) in [4.78, 5) is 6.49. The van der Waals surface area contributed by atoms with Gasteiger partial charge in [0.05, 0.1) is 11.9 Å². The van der Waals surface area contributed by atoms with Gasteiger partial charge in [0, 0.05) is 13.1 Å². The van der Waals surface area contributed by atoms with E-state index in [2.05, 4.69) is 22.0 Å². The summed E-state index contributed by atoms with van der Waals surface area (Å²) in [5.74, 6) is 0.889. The molecule has 1 aromatic rings. The van der Waals surface area contributed by atoms with Crippen molar-refractivity contribution in [2.24, 2.45) is 16.8 Å². The van der Waals surface area contributed by atoms with Crippen molar-refractivity contribution in [2.75, 3.05) is 18.0 Å². The van der Waals surface area contributed by atoms with Gasteiger partial charge in [0.15, 0.2) is 5.84 Å². The first-order chi connectivity index (χ1) is 8.24. The average molecular weight is 234 g/mol. The number of nitrogens with two attached hydrogens (primary N) is 1. The highest BCUT2D eigenvalue weighted by atomic mass is 16.4. The highest BCUT2D eigenvalue weighted by Crippen LogP contribution is 2.31. The third kappa shape index (κ3) is 2.87. The molecular formula is C12H18N4O. The first kappa shape index (κ1) is 11.7. The number of rotatable bonds is 5. The van der Waals surface area contributed by atoms with Crippen LogP contribution < -0.4 is 10.6 Å². The lowest BCUT2D eigenvalue weighted by atomic mass is 10.2. The van der Waals surface area contributed by atoms with Crippen molar-refractivity contribution in [3.63, 3.8) is 0 Å². The summed E-state index contributed by atoms with van der Waals surface area (Å²) in [6.45, 7) is 4.21. The maximum absolute atomic E-state index is 8.55. The van der Waals surface area contributed by atoms with Crippen LogP contribution in [-0.4, -0.2) is 29.1 Å². The Hall–Kier alpha value is -1.78. The van der Waals surface area contributed by atoms with Gasteiger partial charge < -0.3 is 15.8 Å². The molecular weight excluding hydrogens is 216 g/mol. The molecule has 0 radical (unpaired) electrons. The Kier molecular flexibility index (Phi) is 3.46. The molecule has 1 aromatic heterocycles. The minimum absolute atomic E-state index is 0.0433. The highest BCUT2D eigenvalue weighted by Gasteiger charge is 2.23. The maximum Gasteiger partial charge on any atom is 0.188 e. The maximum atomic E-state index is 8.55. The van der Waals surface area contributed by atoms with Gasteiger partial charge in [0.2, 0.25) is 0 Å². The van der Waals surface area contributed by atoms with Crippen LogP contribution in [0.4, 0.5) is 5.69 Å². The monoisotopic (exact) mass is 234 g/mol. The zero-order chi connectivity index (χ0) is 12.3. The van der Waals surface area contributed by atoms with Crippen molar-refractivity contribution in [3.8, 4) is 0 Å². The lowest BCUT2D eigenvalue weighted by Gasteiger charge is -2.22. The van der Waals surface area contributed by atoms with Crippen LogP contribution in [-0.2, 0) is 0 Å². The van der Waals surface area contributed by atoms with Gasteiger partial charge in [-0.05, 0) is 37.8 Å². The van der Waals surface area contributed by atoms with Crippen molar-refractivity contribution >= 4 is 11.5 Å². The van der Waals surface area contributed by atoms with E-state index in [0.717, 1.165) is 24.7 Å². The molecule has 1 aliphatic carbocycles. The molecule has 1 fully saturated rings. The van der Waals surface area contributed by atoms with Crippen LogP contribution in [0, 0.1) is 5.92 Å². The summed E-state index contributed by atoms with van der Waals surface area (Å²) in [5, 5.41) is 11.5. The van der Waals surface area contributed by atoms with Gasteiger partial charge in [-0.2, -0.15) is 0 Å². The van der Waals surface area contributed by atoms with E-state index in [0.29, 0.717) is 5.69 Å². The van der Waals surface area contributed by atoms with Crippen LogP contribution >= 0.6 is 0 Å². The van der Waals surface area contributed by atoms with Crippen LogP contribution in [0.3, 0.4) is 0 Å². The van der Waals surface area contributed by atoms with E-state index in [1.807, 2.05) is 6.07 Å². The Morgan fingerprint density at radius 2 is 2.35 bits per heavy atom. The summed E-state index contributed by atoms with van der Waals surface area (Å²) in [5.41, 5.74) is 7.06. The third-order valence-corrected chi connectivity index (χ3v) is 3.04. The van der Waals surface area contributed by atoms with E-state index < -0.39 is 0 Å². The highest BCUT2D eigenvalue weighted by molar-refractivity contribution is 5.95. The topological polar surface area (TPSA) is 74.7 Å². The van der Waals surface area contributed by atoms with Crippen LogP contribution in [0.15, 0.2) is 23.5 Å². The van der Waals surface area contributed by atoms with Crippen molar-refractivity contribution in [1.29, 1.82) is 0 Å². The Bertz CT molecular complexity index is 397. The van der Waals surface area contributed by atoms with E-state index in [9.17, 15) is 0 Å². The molecule has 5 nitrogen and oxygen atoms in total. The Balaban J connectivity index is 2.09. The van der Waals surface area contributed by atoms with Crippen molar-refractivity contribution < 1.29 is 5.21 Å². The fraction of sp³-hybridized carbons (Fsp3) is 0.500. The summed E-state index contributed by atoms with van der Waals surface area (Å²) in [6, 6.07) is 3.74. The van der Waals surface area contributed by atoms with E-state index in [1.54, 1.807) is 12.3 Å². The van der Waals surface area contributed by atoms with Crippen LogP contribution in [0.1, 0.15) is 25.5 Å². The molecule has 2 rings (SSSR count). The van der Waals surface area contributed by atoms with Gasteiger partial charge in [-0.3, -0.25) is 4.98 Å². The number of amidine groups is 1. The number of hydrogen-bond donors (Lipinski definition) is 2. The number of oxime groups is 1. The van der Waals surface area contributed by atoms with Gasteiger partial charge >= 0.3 is 0 Å². The minimum atomic E-state index is 0.0433. The largest absolute Gasteiger partial charge is 0.409 e. The van der Waals surface area contributed by atoms with Crippen LogP contribution in [0.25, 0.3) is 0 Å². The van der Waals surface area contributed by atoms with Crippen LogP contribution in [0.2, 0.25) is 0 Å². The van der Waals surface area contributed by atoms with Gasteiger partial charge in [0.1, 0.15) is 5.69 Å². The summed E-state index contributed by atoms with van der Waals surface area (Å²) in [7, 11) is 0. The predicted octanol–water partition coefficient (Wildman–Crippen LogP) is 1.41. The molecule has 1 saturated carbocycles. The van der Waals surface area contributed by atoms with Crippen LogP contribution in [0.5, 0.6) is 0 Å². The quantitative estimate of drug-likeness (QED) is 0.349. The molecule has 0 atom stereocenters. The lowest BCUT2D eigenvalue weighted by molar-refractivity contribution is 0.318. The summed E-state index contributed by atoms with van der Waals surface area (Å²) in [6.07, 6.45) is 4.46. The molecule has 1 heterocycles. The molecule has 0 aromatic carbocycles. The van der Waals surface area contributed by atoms with Gasteiger partial charge in [-0.15, -0.1) is 0 Å². The molecule has 92 valence electrons. The number of aromatic nitrogens is 1. The van der Waals surface area contributed by atoms with E-state index in [1.165, 1.54) is 12.8 Å². The van der Waals surface area contributed by atoms with Crippen molar-refractivity contribution in [3.05, 3.63) is 24.0 Å². The number of pyridine rings is 1.